The third kappa shape index (κ3) is 4.16. The lowest BCUT2D eigenvalue weighted by Crippen LogP contribution is -2.34. The third-order valence-corrected chi connectivity index (χ3v) is 7.61. The van der Waals surface area contributed by atoms with Gasteiger partial charge in [-0.15, -0.1) is 0 Å². The molecule has 5 nitrogen and oxygen atoms in total. The van der Waals surface area contributed by atoms with Crippen LogP contribution in [0.5, 0.6) is 0 Å². The van der Waals surface area contributed by atoms with Crippen molar-refractivity contribution in [3.05, 3.63) is 124 Å². The van der Waals surface area contributed by atoms with Crippen LogP contribution in [0.15, 0.2) is 113 Å². The molecule has 6 rings (SSSR count). The number of nitrogens with zero attached hydrogens (tertiary/aromatic N) is 1. The summed E-state index contributed by atoms with van der Waals surface area (Å²) in [6.07, 6.45) is 7.47. The topological polar surface area (TPSA) is 78.5 Å². The highest BCUT2D eigenvalue weighted by molar-refractivity contribution is 6.26. The summed E-state index contributed by atoms with van der Waals surface area (Å²) in [5.74, 6) is -0.856. The van der Waals surface area contributed by atoms with Gasteiger partial charge >= 0.3 is 0 Å². The molecule has 4 aromatic rings. The lowest BCUT2D eigenvalue weighted by Gasteiger charge is -2.26. The van der Waals surface area contributed by atoms with Gasteiger partial charge in [0.1, 0.15) is 18.1 Å². The summed E-state index contributed by atoms with van der Waals surface area (Å²) in [6, 6.07) is 23.6. The average molecular weight is 515 g/mol. The highest BCUT2D eigenvalue weighted by Gasteiger charge is 2.40. The fourth-order valence-corrected chi connectivity index (χ4v) is 5.37. The maximum absolute atomic E-state index is 13.0. The fraction of sp³-hybridized carbons (Fsp3) is 0.147. The van der Waals surface area contributed by atoms with Crippen LogP contribution in [0.1, 0.15) is 37.3 Å². The molecule has 0 bridgehead atoms. The van der Waals surface area contributed by atoms with Crippen molar-refractivity contribution in [2.45, 2.75) is 32.7 Å². The van der Waals surface area contributed by atoms with E-state index >= 15 is 0 Å². The minimum absolute atomic E-state index is 0.0912. The standard InChI is InChI=1S/C34H27NO4/c1-2-3-16-35-17-15-23(25-13-6-7-14-30(25)35)19-27-33(38)29(34(27)39)20-28-31(36)26(32(28)37)18-22-11-8-10-21-9-4-5-12-24(21)22/h4-15,17-19H,2-3,16,20H2,1H3,(H-,36,37,38,39)/p+1. The normalized spacial score (nSPS) is 17.5. The lowest BCUT2D eigenvalue weighted by atomic mass is 9.77. The summed E-state index contributed by atoms with van der Waals surface area (Å²) in [6.45, 7) is 3.07. The number of hydrogen-bond acceptors (Lipinski definition) is 4. The predicted octanol–water partition coefficient (Wildman–Crippen LogP) is 6.73. The van der Waals surface area contributed by atoms with E-state index in [1.54, 1.807) is 12.2 Å². The quantitative estimate of drug-likeness (QED) is 0.212. The van der Waals surface area contributed by atoms with Crippen LogP contribution >= 0.6 is 0 Å². The van der Waals surface area contributed by atoms with Gasteiger partial charge < -0.3 is 10.2 Å². The molecule has 2 aliphatic rings. The van der Waals surface area contributed by atoms with Crippen molar-refractivity contribution >= 4 is 45.4 Å². The number of Topliss-reactive ketones (excluding diaryl/α,β-unsaturated/α-hetero) is 2. The number of aliphatic hydroxyl groups is 2. The molecule has 0 saturated carbocycles. The number of para-hydroxylation sites is 1. The zero-order chi connectivity index (χ0) is 27.1. The van der Waals surface area contributed by atoms with Crippen molar-refractivity contribution < 1.29 is 24.4 Å². The Morgan fingerprint density at radius 1 is 0.718 bits per heavy atom. The Labute approximate surface area is 226 Å². The van der Waals surface area contributed by atoms with Crippen molar-refractivity contribution in [1.82, 2.24) is 0 Å². The molecule has 0 aliphatic heterocycles. The van der Waals surface area contributed by atoms with E-state index in [2.05, 4.69) is 17.6 Å². The number of aromatic nitrogens is 1. The molecule has 1 aromatic heterocycles. The van der Waals surface area contributed by atoms with Gasteiger partial charge in [-0.25, -0.2) is 0 Å². The number of ketones is 2. The number of pyridine rings is 1. The summed E-state index contributed by atoms with van der Waals surface area (Å²) < 4.78 is 2.20. The average Bonchev–Trinajstić information content (AvgIpc) is 2.98. The second-order valence-corrected chi connectivity index (χ2v) is 10.0. The first-order chi connectivity index (χ1) is 19.0. The van der Waals surface area contributed by atoms with Crippen LogP contribution in [0.4, 0.5) is 0 Å². The Morgan fingerprint density at radius 3 is 1.97 bits per heavy atom. The Kier molecular flexibility index (Phi) is 6.20. The Balaban J connectivity index is 1.28. The molecule has 2 aliphatic carbocycles. The molecule has 39 heavy (non-hydrogen) atoms. The van der Waals surface area contributed by atoms with E-state index in [4.69, 9.17) is 0 Å². The second kappa shape index (κ2) is 9.84. The summed E-state index contributed by atoms with van der Waals surface area (Å²) >= 11 is 0. The summed E-state index contributed by atoms with van der Waals surface area (Å²) in [4.78, 5) is 25.9. The molecule has 0 radical (unpaired) electrons. The van der Waals surface area contributed by atoms with Gasteiger partial charge in [0.25, 0.3) is 0 Å². The molecule has 0 amide bonds. The van der Waals surface area contributed by atoms with E-state index in [9.17, 15) is 19.8 Å². The van der Waals surface area contributed by atoms with Gasteiger partial charge in [-0.3, -0.25) is 9.59 Å². The molecule has 0 spiro atoms. The summed E-state index contributed by atoms with van der Waals surface area (Å²) in [5, 5.41) is 24.5. The van der Waals surface area contributed by atoms with Gasteiger partial charge in [0.2, 0.25) is 5.52 Å². The largest absolute Gasteiger partial charge is 0.507 e. The number of aliphatic hydroxyl groups excluding tert-OH is 2. The number of fused-ring (bicyclic) bond motifs is 2. The van der Waals surface area contributed by atoms with Crippen molar-refractivity contribution in [2.24, 2.45) is 0 Å². The van der Waals surface area contributed by atoms with Crippen LogP contribution in [0.25, 0.3) is 33.8 Å². The van der Waals surface area contributed by atoms with Crippen molar-refractivity contribution in [3.8, 4) is 0 Å². The van der Waals surface area contributed by atoms with Gasteiger partial charge in [0, 0.05) is 36.1 Å². The van der Waals surface area contributed by atoms with Crippen LogP contribution in [-0.4, -0.2) is 21.8 Å². The van der Waals surface area contributed by atoms with Gasteiger partial charge in [-0.2, -0.15) is 4.57 Å². The van der Waals surface area contributed by atoms with E-state index in [1.807, 2.05) is 72.9 Å². The Morgan fingerprint density at radius 2 is 1.31 bits per heavy atom. The van der Waals surface area contributed by atoms with Gasteiger partial charge in [0.05, 0.1) is 16.5 Å². The number of carbonyl (C=O) groups is 2. The molecule has 1 heterocycles. The van der Waals surface area contributed by atoms with Crippen LogP contribution in [0.3, 0.4) is 0 Å². The maximum Gasteiger partial charge on any atom is 0.213 e. The predicted molar refractivity (Wildman–Crippen MR) is 153 cm³/mol. The summed E-state index contributed by atoms with van der Waals surface area (Å²) in [7, 11) is 0. The SMILES string of the molecule is CCCC[n+]1ccc(C=C2C(=O)C(CC3=C(O)C(=Cc4cccc5ccccc45)C3=O)=C2O)c2ccccc21. The Hall–Kier alpha value is -4.77. The second-order valence-electron chi connectivity index (χ2n) is 10.0. The first-order valence-corrected chi connectivity index (χ1v) is 13.2. The molecule has 3 aromatic carbocycles. The number of allylic oxidation sites excluding steroid dienone is 4. The first kappa shape index (κ1) is 24.6. The van der Waals surface area contributed by atoms with E-state index in [1.165, 1.54) is 0 Å². The first-order valence-electron chi connectivity index (χ1n) is 13.2. The third-order valence-electron chi connectivity index (χ3n) is 7.61. The molecule has 0 saturated heterocycles. The van der Waals surface area contributed by atoms with E-state index in [-0.39, 0.29) is 51.8 Å². The minimum Gasteiger partial charge on any atom is -0.507 e. The monoisotopic (exact) mass is 514 g/mol. The van der Waals surface area contributed by atoms with Crippen molar-refractivity contribution in [1.29, 1.82) is 0 Å². The smallest absolute Gasteiger partial charge is 0.213 e. The highest BCUT2D eigenvalue weighted by atomic mass is 16.3. The minimum atomic E-state index is -0.309. The van der Waals surface area contributed by atoms with Gasteiger partial charge in [0.15, 0.2) is 17.8 Å². The number of unbranched alkanes of at least 4 members (excludes halogenated alkanes) is 1. The number of hydrogen-bond donors (Lipinski definition) is 2. The van der Waals surface area contributed by atoms with Crippen LogP contribution in [-0.2, 0) is 16.1 Å². The van der Waals surface area contributed by atoms with Crippen LogP contribution in [0.2, 0.25) is 0 Å². The number of carbonyl (C=O) groups excluding carboxylic acids is 2. The van der Waals surface area contributed by atoms with Gasteiger partial charge in [-0.05, 0) is 40.1 Å². The zero-order valence-corrected chi connectivity index (χ0v) is 21.6. The molecule has 192 valence electrons. The van der Waals surface area contributed by atoms with E-state index in [0.717, 1.165) is 52.2 Å². The highest BCUT2D eigenvalue weighted by Crippen LogP contribution is 2.40. The molecule has 0 atom stereocenters. The van der Waals surface area contributed by atoms with E-state index < -0.39 is 0 Å². The Bertz CT molecular complexity index is 1810. The van der Waals surface area contributed by atoms with Crippen LogP contribution in [0, 0.1) is 0 Å². The fourth-order valence-electron chi connectivity index (χ4n) is 5.37. The molecule has 0 fully saturated rings. The number of aryl methyl sites for hydroxylation is 1. The molecule has 2 N–H and O–H groups in total. The zero-order valence-electron chi connectivity index (χ0n) is 21.6. The van der Waals surface area contributed by atoms with Crippen molar-refractivity contribution in [2.75, 3.05) is 0 Å². The number of benzene rings is 3. The summed E-state index contributed by atoms with van der Waals surface area (Å²) in [5.41, 5.74) is 3.48. The lowest BCUT2D eigenvalue weighted by molar-refractivity contribution is -0.671. The molecule has 0 unspecified atom stereocenters. The molecular weight excluding hydrogens is 486 g/mol. The molecule has 5 heteroatoms. The van der Waals surface area contributed by atoms with Gasteiger partial charge in [-0.1, -0.05) is 67.9 Å². The van der Waals surface area contributed by atoms with Crippen molar-refractivity contribution in [3.63, 3.8) is 0 Å². The molecular formula is C34H28NO4+. The maximum atomic E-state index is 13.0. The van der Waals surface area contributed by atoms with E-state index in [0.29, 0.717) is 0 Å². The number of rotatable bonds is 7. The van der Waals surface area contributed by atoms with Crippen LogP contribution < -0.4 is 4.57 Å².